The van der Waals surface area contributed by atoms with Crippen molar-refractivity contribution in [3.8, 4) is 0 Å². The summed E-state index contributed by atoms with van der Waals surface area (Å²) in [6.45, 7) is 7.64. The fraction of sp³-hybridized carbons (Fsp3) is 0.395. The molecule has 2 aromatic rings. The number of hydrogen-bond donors (Lipinski definition) is 0. The number of unbranched alkanes of at least 4 members (excludes halogenated alkanes) is 9. The molecule has 0 heterocycles. The van der Waals surface area contributed by atoms with Crippen LogP contribution >= 0.6 is 0 Å². The van der Waals surface area contributed by atoms with Gasteiger partial charge < -0.3 is 4.90 Å². The summed E-state index contributed by atoms with van der Waals surface area (Å²) in [5.41, 5.74) is 5.88. The van der Waals surface area contributed by atoms with E-state index in [4.69, 9.17) is 0 Å². The van der Waals surface area contributed by atoms with Crippen LogP contribution in [0.3, 0.4) is 0 Å². The van der Waals surface area contributed by atoms with Crippen LogP contribution in [0.4, 0.5) is 11.4 Å². The van der Waals surface area contributed by atoms with Gasteiger partial charge in [-0.05, 0) is 56.2 Å². The van der Waals surface area contributed by atoms with E-state index < -0.39 is 0 Å². The number of aliphatic imine (C=N–C) groups is 1. The highest BCUT2D eigenvalue weighted by Crippen LogP contribution is 2.17. The molecule has 2 aromatic carbocycles. The van der Waals surface area contributed by atoms with Crippen LogP contribution in [0.2, 0.25) is 0 Å². The number of benzene rings is 2. The normalized spacial score (nSPS) is 13.0. The molecular formula is C38H52N2. The monoisotopic (exact) mass is 536 g/mol. The Labute approximate surface area is 245 Å². The van der Waals surface area contributed by atoms with Crippen LogP contribution in [-0.4, -0.2) is 19.8 Å². The number of hydrogen-bond acceptors (Lipinski definition) is 2. The lowest BCUT2D eigenvalue weighted by Gasteiger charge is -2.19. The molecule has 0 aromatic heterocycles. The zero-order valence-electron chi connectivity index (χ0n) is 25.6. The maximum Gasteiger partial charge on any atom is 0.0629 e. The molecule has 40 heavy (non-hydrogen) atoms. The van der Waals surface area contributed by atoms with Gasteiger partial charge in [0.15, 0.2) is 0 Å². The Morgan fingerprint density at radius 2 is 1.25 bits per heavy atom. The standard InChI is InChI=1S/C38H52N2/c1-5-6-7-8-9-10-11-12-13-19-33-40(4)38-30-28-36(29-31-38)27-26-35(3)22-18-17-21-34(2)23-20-32-39-37-24-15-14-16-25-37/h14-18,20-32H,5-13,19,33H2,1-4H3. The van der Waals surface area contributed by atoms with Gasteiger partial charge in [0.1, 0.15) is 0 Å². The van der Waals surface area contributed by atoms with Crippen LogP contribution in [0.25, 0.3) is 6.08 Å². The highest BCUT2D eigenvalue weighted by Gasteiger charge is 2.00. The maximum absolute atomic E-state index is 4.41. The molecule has 0 aliphatic heterocycles. The fourth-order valence-corrected chi connectivity index (χ4v) is 4.40. The van der Waals surface area contributed by atoms with Crippen molar-refractivity contribution >= 4 is 23.7 Å². The summed E-state index contributed by atoms with van der Waals surface area (Å²) in [6.07, 6.45) is 32.4. The topological polar surface area (TPSA) is 15.6 Å². The first-order valence-corrected chi connectivity index (χ1v) is 15.4. The molecule has 0 atom stereocenters. The van der Waals surface area contributed by atoms with E-state index in [1.54, 1.807) is 0 Å². The van der Waals surface area contributed by atoms with Crippen molar-refractivity contribution in [3.05, 3.63) is 114 Å². The molecule has 214 valence electrons. The highest BCUT2D eigenvalue weighted by atomic mass is 15.1. The minimum atomic E-state index is 0.963. The van der Waals surface area contributed by atoms with Gasteiger partial charge in [-0.2, -0.15) is 0 Å². The zero-order valence-corrected chi connectivity index (χ0v) is 25.6. The summed E-state index contributed by atoms with van der Waals surface area (Å²) in [6, 6.07) is 18.9. The predicted octanol–water partition coefficient (Wildman–Crippen LogP) is 11.5. The van der Waals surface area contributed by atoms with E-state index in [2.05, 4.69) is 105 Å². The Morgan fingerprint density at radius 3 is 1.88 bits per heavy atom. The van der Waals surface area contributed by atoms with E-state index in [1.165, 1.54) is 86.6 Å². The van der Waals surface area contributed by atoms with E-state index in [-0.39, 0.29) is 0 Å². The molecule has 0 saturated carbocycles. The van der Waals surface area contributed by atoms with Gasteiger partial charge >= 0.3 is 0 Å². The van der Waals surface area contributed by atoms with Crippen molar-refractivity contribution in [3.63, 3.8) is 0 Å². The smallest absolute Gasteiger partial charge is 0.0629 e. The summed E-state index contributed by atoms with van der Waals surface area (Å²) in [4.78, 5) is 6.80. The second kappa shape index (κ2) is 21.4. The number of anilines is 1. The molecule has 2 nitrogen and oxygen atoms in total. The Kier molecular flexibility index (Phi) is 17.6. The van der Waals surface area contributed by atoms with Crippen molar-refractivity contribution in [2.75, 3.05) is 18.5 Å². The van der Waals surface area contributed by atoms with Crippen molar-refractivity contribution in [1.29, 1.82) is 0 Å². The number of rotatable bonds is 19. The third kappa shape index (κ3) is 15.9. The number of allylic oxidation sites excluding steroid dienone is 9. The molecule has 0 amide bonds. The largest absolute Gasteiger partial charge is 0.375 e. The third-order valence-corrected chi connectivity index (χ3v) is 6.97. The SMILES string of the molecule is CCCCCCCCCCCCN(C)c1ccc(C=CC(C)=CC=CC=C(C)C=CC=Nc2ccccc2)cc1. The zero-order chi connectivity index (χ0) is 28.7. The molecule has 0 unspecified atom stereocenters. The molecule has 0 spiro atoms. The summed E-state index contributed by atoms with van der Waals surface area (Å²) >= 11 is 0. The van der Waals surface area contributed by atoms with Crippen molar-refractivity contribution in [2.24, 2.45) is 4.99 Å². The van der Waals surface area contributed by atoms with Gasteiger partial charge in [-0.1, -0.05) is 149 Å². The van der Waals surface area contributed by atoms with Crippen molar-refractivity contribution in [1.82, 2.24) is 0 Å². The molecule has 2 rings (SSSR count). The van der Waals surface area contributed by atoms with Crippen molar-refractivity contribution < 1.29 is 0 Å². The molecule has 0 fully saturated rings. The lowest BCUT2D eigenvalue weighted by molar-refractivity contribution is 0.556. The van der Waals surface area contributed by atoms with Crippen LogP contribution in [0.15, 0.2) is 113 Å². The minimum Gasteiger partial charge on any atom is -0.375 e. The number of nitrogens with zero attached hydrogens (tertiary/aromatic N) is 2. The van der Waals surface area contributed by atoms with Crippen LogP contribution in [0, 0.1) is 0 Å². The summed E-state index contributed by atoms with van der Waals surface area (Å²) in [5.74, 6) is 0. The predicted molar refractivity (Wildman–Crippen MR) is 181 cm³/mol. The Morgan fingerprint density at radius 1 is 0.675 bits per heavy atom. The Balaban J connectivity index is 1.66. The Bertz CT molecular complexity index is 1100. The molecule has 0 bridgehead atoms. The fourth-order valence-electron chi connectivity index (χ4n) is 4.40. The Hall–Kier alpha value is -3.39. The van der Waals surface area contributed by atoms with Gasteiger partial charge in [-0.25, -0.2) is 0 Å². The quantitative estimate of drug-likeness (QED) is 0.0990. The average Bonchev–Trinajstić information content (AvgIpc) is 2.98. The molecular weight excluding hydrogens is 484 g/mol. The van der Waals surface area contributed by atoms with E-state index in [1.807, 2.05) is 42.6 Å². The second-order valence-electron chi connectivity index (χ2n) is 10.7. The van der Waals surface area contributed by atoms with E-state index >= 15 is 0 Å². The van der Waals surface area contributed by atoms with Gasteiger partial charge in [0, 0.05) is 25.5 Å². The number of para-hydroxylation sites is 1. The molecule has 0 aliphatic rings. The van der Waals surface area contributed by atoms with Crippen LogP contribution in [0.5, 0.6) is 0 Å². The van der Waals surface area contributed by atoms with Gasteiger partial charge in [-0.15, -0.1) is 0 Å². The molecule has 0 aliphatic carbocycles. The second-order valence-corrected chi connectivity index (χ2v) is 10.7. The van der Waals surface area contributed by atoms with Crippen LogP contribution in [-0.2, 0) is 0 Å². The van der Waals surface area contributed by atoms with Crippen molar-refractivity contribution in [2.45, 2.75) is 85.0 Å². The van der Waals surface area contributed by atoms with Gasteiger partial charge in [-0.3, -0.25) is 4.99 Å². The van der Waals surface area contributed by atoms with Gasteiger partial charge in [0.05, 0.1) is 5.69 Å². The average molecular weight is 537 g/mol. The molecule has 0 saturated heterocycles. The third-order valence-electron chi connectivity index (χ3n) is 6.97. The lowest BCUT2D eigenvalue weighted by atomic mass is 10.1. The van der Waals surface area contributed by atoms with Crippen LogP contribution < -0.4 is 4.90 Å². The van der Waals surface area contributed by atoms with Crippen LogP contribution in [0.1, 0.15) is 90.5 Å². The minimum absolute atomic E-state index is 0.963. The van der Waals surface area contributed by atoms with E-state index in [0.717, 1.165) is 12.2 Å². The summed E-state index contributed by atoms with van der Waals surface area (Å²) in [5, 5.41) is 0. The van der Waals surface area contributed by atoms with E-state index in [0.29, 0.717) is 0 Å². The highest BCUT2D eigenvalue weighted by molar-refractivity contribution is 5.75. The summed E-state index contributed by atoms with van der Waals surface area (Å²) in [7, 11) is 2.21. The molecule has 0 radical (unpaired) electrons. The molecule has 0 N–H and O–H groups in total. The molecule has 2 heteroatoms. The lowest BCUT2D eigenvalue weighted by Crippen LogP contribution is -2.18. The van der Waals surface area contributed by atoms with Gasteiger partial charge in [0.2, 0.25) is 0 Å². The first-order chi connectivity index (χ1) is 19.6. The van der Waals surface area contributed by atoms with E-state index in [9.17, 15) is 0 Å². The first-order valence-electron chi connectivity index (χ1n) is 15.4. The van der Waals surface area contributed by atoms with Gasteiger partial charge in [0.25, 0.3) is 0 Å². The first kappa shape index (κ1) is 32.8. The summed E-state index contributed by atoms with van der Waals surface area (Å²) < 4.78 is 0. The maximum atomic E-state index is 4.41.